The van der Waals surface area contributed by atoms with Crippen molar-refractivity contribution in [2.45, 2.75) is 36.7 Å². The second kappa shape index (κ2) is 15.8. The van der Waals surface area contributed by atoms with Crippen molar-refractivity contribution in [3.63, 3.8) is 0 Å². The van der Waals surface area contributed by atoms with Crippen LogP contribution in [-0.4, -0.2) is 59.2 Å². The highest BCUT2D eigenvalue weighted by Gasteiger charge is 2.25. The Balaban J connectivity index is 1.58. The molecule has 0 fully saturated rings. The maximum atomic E-state index is 12.7. The normalized spacial score (nSPS) is 12.8. The van der Waals surface area contributed by atoms with Crippen molar-refractivity contribution < 1.29 is 40.4 Å². The van der Waals surface area contributed by atoms with E-state index in [1.54, 1.807) is 48.6 Å². The summed E-state index contributed by atoms with van der Waals surface area (Å²) in [4.78, 5) is 21.8. The monoisotopic (exact) mass is 759 g/mol. The summed E-state index contributed by atoms with van der Waals surface area (Å²) in [5.41, 5.74) is 4.63. The molecule has 0 spiro atoms. The van der Waals surface area contributed by atoms with Gasteiger partial charge in [0.1, 0.15) is 11.4 Å². The van der Waals surface area contributed by atoms with Gasteiger partial charge in [-0.05, 0) is 84.7 Å². The van der Waals surface area contributed by atoms with Crippen molar-refractivity contribution in [3.8, 4) is 0 Å². The molecule has 0 aliphatic heterocycles. The lowest BCUT2D eigenvalue weighted by Gasteiger charge is -2.24. The van der Waals surface area contributed by atoms with Crippen molar-refractivity contribution in [1.29, 1.82) is 0 Å². The molecule has 5 rings (SSSR count). The summed E-state index contributed by atoms with van der Waals surface area (Å²) in [6, 6.07) is 22.6. The lowest BCUT2D eigenvalue weighted by atomic mass is 9.90. The number of nitro benzene ring substituents is 2. The van der Waals surface area contributed by atoms with Gasteiger partial charge in [-0.1, -0.05) is 30.3 Å². The molecule has 1 aliphatic rings. The van der Waals surface area contributed by atoms with Gasteiger partial charge in [-0.3, -0.25) is 29.3 Å². The van der Waals surface area contributed by atoms with E-state index in [1.807, 2.05) is 47.6 Å². The fourth-order valence-electron chi connectivity index (χ4n) is 5.90. The Bertz CT molecular complexity index is 2380. The van der Waals surface area contributed by atoms with Crippen molar-refractivity contribution in [1.82, 2.24) is 0 Å². The zero-order chi connectivity index (χ0) is 38.5. The molecule has 14 nitrogen and oxygen atoms in total. The largest absolute Gasteiger partial charge is 0.367 e. The molecule has 0 atom stereocenters. The molecule has 0 saturated heterocycles. The van der Waals surface area contributed by atoms with Gasteiger partial charge < -0.3 is 4.90 Å². The fraction of sp³-hybridized carbons (Fsp3) is 0.162. The molecule has 0 bridgehead atoms. The van der Waals surface area contributed by atoms with Gasteiger partial charge in [0.05, 0.1) is 14.7 Å². The van der Waals surface area contributed by atoms with E-state index in [2.05, 4.69) is 0 Å². The molecule has 2 N–H and O–H groups in total. The number of anilines is 1. The molecule has 274 valence electrons. The van der Waals surface area contributed by atoms with Gasteiger partial charge in [0.25, 0.3) is 31.6 Å². The molecular weight excluding hydrogens is 725 g/mol. The Morgan fingerprint density at radius 3 is 1.72 bits per heavy atom. The van der Waals surface area contributed by atoms with Crippen LogP contribution in [0, 0.1) is 20.2 Å². The van der Waals surface area contributed by atoms with E-state index in [1.165, 1.54) is 30.3 Å². The quantitative estimate of drug-likeness (QED) is 0.0642. The van der Waals surface area contributed by atoms with Crippen LogP contribution in [-0.2, 0) is 33.3 Å². The van der Waals surface area contributed by atoms with Crippen LogP contribution in [0.5, 0.6) is 0 Å². The van der Waals surface area contributed by atoms with Crippen molar-refractivity contribution in [2.24, 2.45) is 0 Å². The highest BCUT2D eigenvalue weighted by Crippen LogP contribution is 2.36. The summed E-state index contributed by atoms with van der Waals surface area (Å²) in [7, 11) is -9.83. The standard InChI is InChI=1S/C37H34N4O10S2/c1-3-38(24-26-5-13-32(14-6-26)40(42)43)30-17-9-28(10-18-30)37(35-22-21-34(52(46,47)48)23-36(35)53(49,50)51)29-11-19-31(20-12-29)39(4-2)25-27-7-15-33(16-8-27)41(44)45/h5-23H,3-4,24-25H2,1-2H3,(H-,46,47,48,49,50,51)/p+1. The first kappa shape index (κ1) is 38.4. The topological polar surface area (TPSA) is 201 Å². The average molecular weight is 760 g/mol. The van der Waals surface area contributed by atoms with Crippen molar-refractivity contribution >= 4 is 48.6 Å². The number of hydrogen-bond donors (Lipinski definition) is 2. The van der Waals surface area contributed by atoms with Crippen LogP contribution in [0.25, 0.3) is 5.57 Å². The molecule has 16 heteroatoms. The van der Waals surface area contributed by atoms with Crippen molar-refractivity contribution in [3.05, 3.63) is 163 Å². The predicted molar refractivity (Wildman–Crippen MR) is 199 cm³/mol. The lowest BCUT2D eigenvalue weighted by molar-refractivity contribution is -0.539. The minimum absolute atomic E-state index is 0.0157. The van der Waals surface area contributed by atoms with Crippen LogP contribution in [0.15, 0.2) is 131 Å². The maximum absolute atomic E-state index is 12.7. The van der Waals surface area contributed by atoms with Gasteiger partial charge >= 0.3 is 0 Å². The van der Waals surface area contributed by atoms with Gasteiger partial charge in [-0.25, -0.2) is 4.58 Å². The number of hydrogen-bond acceptors (Lipinski definition) is 9. The Morgan fingerprint density at radius 2 is 1.25 bits per heavy atom. The first-order valence-corrected chi connectivity index (χ1v) is 19.1. The number of nitrogens with zero attached hydrogens (tertiary/aromatic N) is 4. The molecule has 53 heavy (non-hydrogen) atoms. The van der Waals surface area contributed by atoms with E-state index >= 15 is 0 Å². The number of rotatable bonds is 13. The van der Waals surface area contributed by atoms with Crippen LogP contribution in [0.2, 0.25) is 0 Å². The molecule has 0 saturated carbocycles. The summed E-state index contributed by atoms with van der Waals surface area (Å²) in [5, 5.41) is 22.2. The zero-order valence-electron chi connectivity index (χ0n) is 28.6. The minimum Gasteiger partial charge on any atom is -0.367 e. The summed E-state index contributed by atoms with van der Waals surface area (Å²) in [5.74, 6) is 0. The van der Waals surface area contributed by atoms with E-state index < -0.39 is 39.9 Å². The highest BCUT2D eigenvalue weighted by molar-refractivity contribution is 7.86. The molecule has 4 aromatic carbocycles. The highest BCUT2D eigenvalue weighted by atomic mass is 32.2. The van der Waals surface area contributed by atoms with E-state index in [0.29, 0.717) is 49.0 Å². The smallest absolute Gasteiger partial charge is 0.295 e. The molecular formula is C37H35N4O10S2+. The van der Waals surface area contributed by atoms with Gasteiger partial charge in [0.15, 0.2) is 12.3 Å². The fourth-order valence-corrected chi connectivity index (χ4v) is 7.20. The molecule has 0 heterocycles. The van der Waals surface area contributed by atoms with Crippen LogP contribution >= 0.6 is 0 Å². The van der Waals surface area contributed by atoms with Crippen LogP contribution in [0.1, 0.15) is 36.1 Å². The molecule has 1 aliphatic carbocycles. The number of benzene rings is 4. The zero-order valence-corrected chi connectivity index (χ0v) is 30.2. The Hall–Kier alpha value is -5.81. The second-order valence-corrected chi connectivity index (χ2v) is 14.8. The van der Waals surface area contributed by atoms with Crippen LogP contribution < -0.4 is 4.90 Å². The molecule has 0 amide bonds. The van der Waals surface area contributed by atoms with E-state index in [0.717, 1.165) is 28.6 Å². The SMILES string of the molecule is CCN(Cc1ccc([N+](=O)[O-])cc1)c1ccc(C(=C2C=CC(=[N+](CC)Cc3ccc([N+](=O)[O-])cc3)C=C2)c2ccc(S(=O)(=O)O)cc2S(=O)(=O)O)cc1. The lowest BCUT2D eigenvalue weighted by Crippen LogP contribution is -2.21. The summed E-state index contributed by atoms with van der Waals surface area (Å²) < 4.78 is 71.3. The van der Waals surface area contributed by atoms with Crippen molar-refractivity contribution in [2.75, 3.05) is 18.0 Å². The third-order valence-corrected chi connectivity index (χ3v) is 10.4. The second-order valence-electron chi connectivity index (χ2n) is 12.0. The van der Waals surface area contributed by atoms with Crippen LogP contribution in [0.3, 0.4) is 0 Å². The van der Waals surface area contributed by atoms with E-state index in [-0.39, 0.29) is 16.9 Å². The molecule has 0 unspecified atom stereocenters. The Labute approximate surface area is 306 Å². The van der Waals surface area contributed by atoms with Gasteiger partial charge in [-0.2, -0.15) is 16.8 Å². The maximum Gasteiger partial charge on any atom is 0.295 e. The summed E-state index contributed by atoms with van der Waals surface area (Å²) >= 11 is 0. The summed E-state index contributed by atoms with van der Waals surface area (Å²) in [6.07, 6.45) is 7.16. The first-order valence-electron chi connectivity index (χ1n) is 16.2. The predicted octanol–water partition coefficient (Wildman–Crippen LogP) is 6.62. The number of nitro groups is 2. The third kappa shape index (κ3) is 9.17. The Morgan fingerprint density at radius 1 is 0.698 bits per heavy atom. The molecule has 0 aromatic heterocycles. The minimum atomic E-state index is -5.01. The first-order chi connectivity index (χ1) is 25.1. The van der Waals surface area contributed by atoms with E-state index in [4.69, 9.17) is 0 Å². The third-order valence-electron chi connectivity index (χ3n) is 8.65. The van der Waals surface area contributed by atoms with Crippen LogP contribution in [0.4, 0.5) is 17.1 Å². The van der Waals surface area contributed by atoms with Gasteiger partial charge in [0, 0.05) is 66.3 Å². The average Bonchev–Trinajstić information content (AvgIpc) is 3.13. The van der Waals surface area contributed by atoms with E-state index in [9.17, 15) is 46.2 Å². The summed E-state index contributed by atoms with van der Waals surface area (Å²) in [6.45, 7) is 5.98. The van der Waals surface area contributed by atoms with Gasteiger partial charge in [0.2, 0.25) is 0 Å². The number of non-ortho nitro benzene ring substituents is 2. The number of allylic oxidation sites excluding steroid dienone is 5. The molecule has 0 radical (unpaired) electrons. The Kier molecular flexibility index (Phi) is 11.5. The van der Waals surface area contributed by atoms with Gasteiger partial charge in [-0.15, -0.1) is 0 Å². The molecule has 4 aromatic rings.